The number of carbonyl (C=O) groups excluding carboxylic acids is 1. The Morgan fingerprint density at radius 3 is 2.17 bits per heavy atom. The molecular weight excluding hydrogens is 312 g/mol. The lowest BCUT2D eigenvalue weighted by Crippen LogP contribution is -2.14. The van der Waals surface area contributed by atoms with Gasteiger partial charge in [0.1, 0.15) is 11.3 Å². The SMILES string of the molecule is CCCCC(CC)COOC(=O)c1cc(OC)c(OC)cc1OC. The zero-order valence-corrected chi connectivity index (χ0v) is 15.2. The van der Waals surface area contributed by atoms with Gasteiger partial charge in [-0.15, -0.1) is 0 Å². The molecule has 1 aromatic carbocycles. The van der Waals surface area contributed by atoms with E-state index in [0.29, 0.717) is 29.8 Å². The van der Waals surface area contributed by atoms with E-state index in [4.69, 9.17) is 24.0 Å². The van der Waals surface area contributed by atoms with E-state index in [1.807, 2.05) is 0 Å². The number of rotatable bonds is 11. The van der Waals surface area contributed by atoms with E-state index in [9.17, 15) is 4.79 Å². The first-order chi connectivity index (χ1) is 11.6. The van der Waals surface area contributed by atoms with Crippen LogP contribution in [-0.4, -0.2) is 33.9 Å². The quantitative estimate of drug-likeness (QED) is 0.448. The third kappa shape index (κ3) is 5.60. The fourth-order valence-electron chi connectivity index (χ4n) is 2.32. The minimum absolute atomic E-state index is 0.219. The summed E-state index contributed by atoms with van der Waals surface area (Å²) >= 11 is 0. The second kappa shape index (κ2) is 10.8. The average molecular weight is 340 g/mol. The number of unbranched alkanes of at least 4 members (excludes halogenated alkanes) is 1. The lowest BCUT2D eigenvalue weighted by atomic mass is 10.0. The summed E-state index contributed by atoms with van der Waals surface area (Å²) in [6.45, 7) is 4.64. The van der Waals surface area contributed by atoms with Crippen LogP contribution in [0.25, 0.3) is 0 Å². The van der Waals surface area contributed by atoms with Crippen molar-refractivity contribution in [3.05, 3.63) is 17.7 Å². The molecule has 24 heavy (non-hydrogen) atoms. The highest BCUT2D eigenvalue weighted by Gasteiger charge is 2.20. The van der Waals surface area contributed by atoms with Crippen LogP contribution in [0.2, 0.25) is 0 Å². The predicted octanol–water partition coefficient (Wildman–Crippen LogP) is 4.02. The van der Waals surface area contributed by atoms with Crippen LogP contribution < -0.4 is 14.2 Å². The van der Waals surface area contributed by atoms with Crippen LogP contribution in [0.15, 0.2) is 12.1 Å². The van der Waals surface area contributed by atoms with Crippen molar-refractivity contribution in [3.63, 3.8) is 0 Å². The molecule has 6 heteroatoms. The molecule has 1 unspecified atom stereocenters. The lowest BCUT2D eigenvalue weighted by Gasteiger charge is -2.15. The van der Waals surface area contributed by atoms with E-state index in [-0.39, 0.29) is 5.56 Å². The number of hydrogen-bond donors (Lipinski definition) is 0. The molecule has 1 atom stereocenters. The molecule has 0 fully saturated rings. The number of methoxy groups -OCH3 is 3. The van der Waals surface area contributed by atoms with Crippen LogP contribution in [0, 0.1) is 5.92 Å². The molecule has 0 aliphatic carbocycles. The molecule has 0 saturated heterocycles. The van der Waals surface area contributed by atoms with Crippen LogP contribution in [-0.2, 0) is 9.78 Å². The molecule has 0 spiro atoms. The molecule has 1 aromatic rings. The number of carbonyl (C=O) groups is 1. The molecule has 0 heterocycles. The summed E-state index contributed by atoms with van der Waals surface area (Å²) in [5.41, 5.74) is 0.219. The standard InChI is InChI=1S/C18H28O6/c1-6-8-9-13(7-2)12-23-24-18(19)14-10-16(21-4)17(22-5)11-15(14)20-3/h10-11,13H,6-9,12H2,1-5H3. The smallest absolute Gasteiger partial charge is 0.376 e. The monoisotopic (exact) mass is 340 g/mol. The molecule has 0 N–H and O–H groups in total. The van der Waals surface area contributed by atoms with Crippen molar-refractivity contribution < 1.29 is 28.8 Å². The van der Waals surface area contributed by atoms with Gasteiger partial charge in [-0.05, 0) is 12.3 Å². The second-order valence-electron chi connectivity index (χ2n) is 5.48. The highest BCUT2D eigenvalue weighted by Crippen LogP contribution is 2.35. The molecule has 0 aliphatic heterocycles. The summed E-state index contributed by atoms with van der Waals surface area (Å²) in [7, 11) is 4.48. The van der Waals surface area contributed by atoms with Crippen molar-refractivity contribution in [2.24, 2.45) is 5.92 Å². The van der Waals surface area contributed by atoms with Gasteiger partial charge >= 0.3 is 5.97 Å². The summed E-state index contributed by atoms with van der Waals surface area (Å²) in [6.07, 6.45) is 4.32. The fraction of sp³-hybridized carbons (Fsp3) is 0.611. The summed E-state index contributed by atoms with van der Waals surface area (Å²) < 4.78 is 15.6. The van der Waals surface area contributed by atoms with Crippen molar-refractivity contribution in [1.82, 2.24) is 0 Å². The Morgan fingerprint density at radius 2 is 1.62 bits per heavy atom. The zero-order chi connectivity index (χ0) is 17.9. The van der Waals surface area contributed by atoms with Crippen molar-refractivity contribution in [2.45, 2.75) is 39.5 Å². The Bertz CT molecular complexity index is 514. The van der Waals surface area contributed by atoms with Gasteiger partial charge in [-0.2, -0.15) is 4.89 Å². The van der Waals surface area contributed by atoms with Gasteiger partial charge in [0.2, 0.25) is 0 Å². The van der Waals surface area contributed by atoms with Gasteiger partial charge in [0.15, 0.2) is 11.5 Å². The van der Waals surface area contributed by atoms with Gasteiger partial charge in [0.25, 0.3) is 0 Å². The van der Waals surface area contributed by atoms with Crippen LogP contribution in [0.5, 0.6) is 17.2 Å². The Hall–Kier alpha value is -1.95. The molecule has 0 saturated carbocycles. The van der Waals surface area contributed by atoms with Crippen molar-refractivity contribution in [1.29, 1.82) is 0 Å². The first kappa shape index (κ1) is 20.1. The maximum Gasteiger partial charge on any atom is 0.376 e. The Morgan fingerprint density at radius 1 is 1.00 bits per heavy atom. The Kier molecular flexibility index (Phi) is 9.01. The summed E-state index contributed by atoms with van der Waals surface area (Å²) in [6, 6.07) is 3.09. The first-order valence-electron chi connectivity index (χ1n) is 8.24. The normalized spacial score (nSPS) is 11.7. The maximum absolute atomic E-state index is 12.3. The molecular formula is C18H28O6. The van der Waals surface area contributed by atoms with Crippen molar-refractivity contribution in [2.75, 3.05) is 27.9 Å². The van der Waals surface area contributed by atoms with Crippen molar-refractivity contribution in [3.8, 4) is 17.2 Å². The van der Waals surface area contributed by atoms with Crippen LogP contribution >= 0.6 is 0 Å². The zero-order valence-electron chi connectivity index (χ0n) is 15.2. The van der Waals surface area contributed by atoms with E-state index in [2.05, 4.69) is 13.8 Å². The largest absolute Gasteiger partial charge is 0.496 e. The van der Waals surface area contributed by atoms with Gasteiger partial charge in [-0.1, -0.05) is 33.1 Å². The van der Waals surface area contributed by atoms with Crippen LogP contribution in [0.4, 0.5) is 0 Å². The van der Waals surface area contributed by atoms with Gasteiger partial charge in [-0.3, -0.25) is 4.89 Å². The van der Waals surface area contributed by atoms with Gasteiger partial charge in [0.05, 0.1) is 27.9 Å². The number of ether oxygens (including phenoxy) is 3. The first-order valence-corrected chi connectivity index (χ1v) is 8.24. The van der Waals surface area contributed by atoms with Crippen LogP contribution in [0.1, 0.15) is 49.9 Å². The minimum atomic E-state index is -0.627. The Balaban J connectivity index is 2.73. The van der Waals surface area contributed by atoms with Gasteiger partial charge in [0, 0.05) is 12.1 Å². The predicted molar refractivity (Wildman–Crippen MR) is 90.8 cm³/mol. The second-order valence-corrected chi connectivity index (χ2v) is 5.48. The number of benzene rings is 1. The molecule has 1 rings (SSSR count). The van der Waals surface area contributed by atoms with E-state index < -0.39 is 5.97 Å². The van der Waals surface area contributed by atoms with Crippen LogP contribution in [0.3, 0.4) is 0 Å². The molecule has 0 radical (unpaired) electrons. The van der Waals surface area contributed by atoms with E-state index in [1.54, 1.807) is 6.07 Å². The van der Waals surface area contributed by atoms with E-state index in [1.165, 1.54) is 27.4 Å². The topological polar surface area (TPSA) is 63.2 Å². The average Bonchev–Trinajstić information content (AvgIpc) is 2.62. The highest BCUT2D eigenvalue weighted by molar-refractivity contribution is 5.93. The van der Waals surface area contributed by atoms with Gasteiger partial charge < -0.3 is 14.2 Å². The Labute approximate surface area is 143 Å². The summed E-state index contributed by atoms with van der Waals surface area (Å²) in [5.74, 6) is 0.972. The minimum Gasteiger partial charge on any atom is -0.496 e. The molecule has 0 aliphatic rings. The van der Waals surface area contributed by atoms with E-state index >= 15 is 0 Å². The van der Waals surface area contributed by atoms with Crippen molar-refractivity contribution >= 4 is 5.97 Å². The van der Waals surface area contributed by atoms with Gasteiger partial charge in [-0.25, -0.2) is 4.79 Å². The summed E-state index contributed by atoms with van der Waals surface area (Å²) in [4.78, 5) is 22.3. The third-order valence-electron chi connectivity index (χ3n) is 3.91. The molecule has 0 bridgehead atoms. The molecule has 0 aromatic heterocycles. The molecule has 136 valence electrons. The fourth-order valence-corrected chi connectivity index (χ4v) is 2.32. The number of hydrogen-bond acceptors (Lipinski definition) is 6. The maximum atomic E-state index is 12.3. The molecule has 0 amide bonds. The third-order valence-corrected chi connectivity index (χ3v) is 3.91. The van der Waals surface area contributed by atoms with E-state index in [0.717, 1.165) is 25.7 Å². The summed E-state index contributed by atoms with van der Waals surface area (Å²) in [5, 5.41) is 0. The lowest BCUT2D eigenvalue weighted by molar-refractivity contribution is -0.249. The molecule has 6 nitrogen and oxygen atoms in total. The highest BCUT2D eigenvalue weighted by atomic mass is 17.2.